The maximum Gasteiger partial charge on any atom is 0.228 e. The Morgan fingerprint density at radius 2 is 1.96 bits per heavy atom. The van der Waals surface area contributed by atoms with Gasteiger partial charge in [-0.25, -0.2) is 4.98 Å². The molecule has 2 amide bonds. The van der Waals surface area contributed by atoms with E-state index in [0.717, 1.165) is 10.0 Å². The van der Waals surface area contributed by atoms with E-state index in [2.05, 4.69) is 31.5 Å². The van der Waals surface area contributed by atoms with Gasteiger partial charge in [-0.1, -0.05) is 48.0 Å². The minimum absolute atomic E-state index is 0.0806. The number of benzene rings is 1. The van der Waals surface area contributed by atoms with Gasteiger partial charge in [-0.05, 0) is 18.6 Å². The predicted octanol–water partition coefficient (Wildman–Crippen LogP) is 3.92. The first-order chi connectivity index (χ1) is 11.4. The Labute approximate surface area is 154 Å². The Kier molecular flexibility index (Phi) is 6.51. The van der Waals surface area contributed by atoms with Gasteiger partial charge in [0.15, 0.2) is 5.13 Å². The second-order valence-electron chi connectivity index (χ2n) is 5.78. The summed E-state index contributed by atoms with van der Waals surface area (Å²) in [6.07, 6.45) is 0.183. The number of anilines is 1. The third-order valence-electron chi connectivity index (χ3n) is 3.40. The third kappa shape index (κ3) is 5.14. The van der Waals surface area contributed by atoms with Crippen molar-refractivity contribution in [1.29, 1.82) is 0 Å². The topological polar surface area (TPSA) is 71.1 Å². The molecule has 7 heteroatoms. The number of carbonyl (C=O) groups is 2. The zero-order chi connectivity index (χ0) is 17.7. The number of hydrogen-bond donors (Lipinski definition) is 2. The zero-order valence-electron chi connectivity index (χ0n) is 13.8. The van der Waals surface area contributed by atoms with Gasteiger partial charge in [0.2, 0.25) is 11.8 Å². The maximum atomic E-state index is 12.2. The molecule has 1 aromatic carbocycles. The summed E-state index contributed by atoms with van der Waals surface area (Å²) in [5.41, 5.74) is 1.67. The molecule has 0 bridgehead atoms. The van der Waals surface area contributed by atoms with Crippen LogP contribution in [0, 0.1) is 5.92 Å². The van der Waals surface area contributed by atoms with Crippen LogP contribution >= 0.6 is 27.3 Å². The summed E-state index contributed by atoms with van der Waals surface area (Å²) in [6, 6.07) is 7.68. The Bertz CT molecular complexity index is 730. The fraction of sp³-hybridized carbons (Fsp3) is 0.353. The fourth-order valence-corrected chi connectivity index (χ4v) is 3.40. The fourth-order valence-electron chi connectivity index (χ4n) is 2.06. The number of thiazole rings is 1. The van der Waals surface area contributed by atoms with Crippen LogP contribution in [0.1, 0.15) is 38.1 Å². The summed E-state index contributed by atoms with van der Waals surface area (Å²) in [5, 5.41) is 8.02. The Morgan fingerprint density at radius 3 is 2.62 bits per heavy atom. The molecule has 5 nitrogen and oxygen atoms in total. The minimum Gasteiger partial charge on any atom is -0.349 e. The summed E-state index contributed by atoms with van der Waals surface area (Å²) < 4.78 is 0.963. The van der Waals surface area contributed by atoms with Gasteiger partial charge in [-0.15, -0.1) is 11.3 Å². The lowest BCUT2D eigenvalue weighted by molar-refractivity contribution is -0.121. The average molecular weight is 410 g/mol. The summed E-state index contributed by atoms with van der Waals surface area (Å²) >= 11 is 4.81. The standard InChI is InChI=1S/C17H20BrN3O2S/c1-10(2)16(23)21-17-20-12(9-24-17)8-15(22)19-11(3)13-6-4-5-7-14(13)18/h4-7,9-11H,8H2,1-3H3,(H,19,22)(H,20,21,23)/t11-/m1/s1. The first kappa shape index (κ1) is 18.6. The van der Waals surface area contributed by atoms with Gasteiger partial charge in [0.1, 0.15) is 0 Å². The van der Waals surface area contributed by atoms with Crippen molar-refractivity contribution in [2.24, 2.45) is 5.92 Å². The molecule has 0 unspecified atom stereocenters. The number of amides is 2. The number of aromatic nitrogens is 1. The first-order valence-corrected chi connectivity index (χ1v) is 9.33. The van der Waals surface area contributed by atoms with Crippen molar-refractivity contribution < 1.29 is 9.59 Å². The molecule has 2 aromatic rings. The van der Waals surface area contributed by atoms with Gasteiger partial charge in [-0.2, -0.15) is 0 Å². The van der Waals surface area contributed by atoms with Gasteiger partial charge < -0.3 is 10.6 Å². The van der Waals surface area contributed by atoms with E-state index in [9.17, 15) is 9.59 Å². The lowest BCUT2D eigenvalue weighted by atomic mass is 10.1. The lowest BCUT2D eigenvalue weighted by Gasteiger charge is -2.15. The number of halogens is 1. The van der Waals surface area contributed by atoms with Crippen molar-refractivity contribution in [3.8, 4) is 0 Å². The van der Waals surface area contributed by atoms with Crippen LogP contribution in [0.5, 0.6) is 0 Å². The third-order valence-corrected chi connectivity index (χ3v) is 4.93. The molecule has 2 rings (SSSR count). The van der Waals surface area contributed by atoms with Crippen molar-refractivity contribution >= 4 is 44.2 Å². The highest BCUT2D eigenvalue weighted by Gasteiger charge is 2.15. The maximum absolute atomic E-state index is 12.2. The number of hydrogen-bond acceptors (Lipinski definition) is 4. The van der Waals surface area contributed by atoms with E-state index in [0.29, 0.717) is 10.8 Å². The molecule has 1 heterocycles. The Hall–Kier alpha value is -1.73. The predicted molar refractivity (Wildman–Crippen MR) is 100.0 cm³/mol. The van der Waals surface area contributed by atoms with Gasteiger partial charge in [-0.3, -0.25) is 9.59 Å². The minimum atomic E-state index is -0.106. The van der Waals surface area contributed by atoms with Gasteiger partial charge in [0.05, 0.1) is 18.2 Å². The van der Waals surface area contributed by atoms with E-state index in [1.54, 1.807) is 5.38 Å². The van der Waals surface area contributed by atoms with Crippen LogP contribution in [0.4, 0.5) is 5.13 Å². The monoisotopic (exact) mass is 409 g/mol. The molecule has 0 radical (unpaired) electrons. The highest BCUT2D eigenvalue weighted by Crippen LogP contribution is 2.23. The number of rotatable bonds is 6. The van der Waals surface area contributed by atoms with Crippen LogP contribution in [-0.2, 0) is 16.0 Å². The van der Waals surface area contributed by atoms with Crippen LogP contribution in [0.25, 0.3) is 0 Å². The van der Waals surface area contributed by atoms with Crippen LogP contribution in [0.3, 0.4) is 0 Å². The van der Waals surface area contributed by atoms with Gasteiger partial charge in [0.25, 0.3) is 0 Å². The number of nitrogens with one attached hydrogen (secondary N) is 2. The molecule has 0 saturated heterocycles. The number of nitrogens with zero attached hydrogens (tertiary/aromatic N) is 1. The van der Waals surface area contributed by atoms with Crippen LogP contribution in [-0.4, -0.2) is 16.8 Å². The highest BCUT2D eigenvalue weighted by molar-refractivity contribution is 9.10. The average Bonchev–Trinajstić information content (AvgIpc) is 2.94. The smallest absolute Gasteiger partial charge is 0.228 e. The molecular formula is C17H20BrN3O2S. The van der Waals surface area contributed by atoms with E-state index >= 15 is 0 Å². The van der Waals surface area contributed by atoms with Crippen LogP contribution in [0.2, 0.25) is 0 Å². The second-order valence-corrected chi connectivity index (χ2v) is 7.49. The summed E-state index contributed by atoms with van der Waals surface area (Å²) in [4.78, 5) is 28.1. The molecule has 0 saturated carbocycles. The highest BCUT2D eigenvalue weighted by atomic mass is 79.9. The van der Waals surface area contributed by atoms with E-state index in [4.69, 9.17) is 0 Å². The molecule has 0 fully saturated rings. The second kappa shape index (κ2) is 8.39. The van der Waals surface area contributed by atoms with Crippen molar-refractivity contribution in [2.45, 2.75) is 33.2 Å². The normalized spacial score (nSPS) is 12.0. The van der Waals surface area contributed by atoms with E-state index in [1.165, 1.54) is 11.3 Å². The van der Waals surface area contributed by atoms with Crippen LogP contribution < -0.4 is 10.6 Å². The summed E-state index contributed by atoms with van der Waals surface area (Å²) in [6.45, 7) is 5.58. The first-order valence-electron chi connectivity index (χ1n) is 7.66. The molecule has 0 aliphatic heterocycles. The molecule has 1 aromatic heterocycles. The molecule has 0 aliphatic rings. The summed E-state index contributed by atoms with van der Waals surface area (Å²) in [5.74, 6) is -0.293. The zero-order valence-corrected chi connectivity index (χ0v) is 16.2. The SMILES string of the molecule is CC(C)C(=O)Nc1nc(CC(=O)N[C@H](C)c2ccccc2Br)cs1. The van der Waals surface area contributed by atoms with Crippen molar-refractivity contribution in [3.63, 3.8) is 0 Å². The number of carbonyl (C=O) groups excluding carboxylic acids is 2. The molecule has 2 N–H and O–H groups in total. The van der Waals surface area contributed by atoms with Crippen molar-refractivity contribution in [1.82, 2.24) is 10.3 Å². The molecule has 0 spiro atoms. The van der Waals surface area contributed by atoms with Gasteiger partial charge in [0, 0.05) is 15.8 Å². The van der Waals surface area contributed by atoms with Crippen molar-refractivity contribution in [2.75, 3.05) is 5.32 Å². The molecular weight excluding hydrogens is 390 g/mol. The van der Waals surface area contributed by atoms with Crippen LogP contribution in [0.15, 0.2) is 34.1 Å². The van der Waals surface area contributed by atoms with E-state index in [-0.39, 0.29) is 30.2 Å². The molecule has 1 atom stereocenters. The Balaban J connectivity index is 1.92. The molecule has 128 valence electrons. The largest absolute Gasteiger partial charge is 0.349 e. The Morgan fingerprint density at radius 1 is 1.25 bits per heavy atom. The lowest BCUT2D eigenvalue weighted by Crippen LogP contribution is -2.28. The summed E-state index contributed by atoms with van der Waals surface area (Å²) in [7, 11) is 0. The van der Waals surface area contributed by atoms with Crippen molar-refractivity contribution in [3.05, 3.63) is 45.4 Å². The van der Waals surface area contributed by atoms with Gasteiger partial charge >= 0.3 is 0 Å². The molecule has 24 heavy (non-hydrogen) atoms. The molecule has 0 aliphatic carbocycles. The quantitative estimate of drug-likeness (QED) is 0.759. The van der Waals surface area contributed by atoms with E-state index in [1.807, 2.05) is 45.0 Å². The van der Waals surface area contributed by atoms with E-state index < -0.39 is 0 Å².